The largest absolute Gasteiger partial charge is 0.463 e. The summed E-state index contributed by atoms with van der Waals surface area (Å²) >= 11 is 0. The zero-order valence-corrected chi connectivity index (χ0v) is 16.9. The van der Waals surface area contributed by atoms with Crippen LogP contribution in [0.1, 0.15) is 69.8 Å². The number of carbonyl (C=O) groups excluding carboxylic acids is 3. The van der Waals surface area contributed by atoms with Gasteiger partial charge in [-0.15, -0.1) is 0 Å². The van der Waals surface area contributed by atoms with E-state index in [1.807, 2.05) is 30.3 Å². The van der Waals surface area contributed by atoms with Gasteiger partial charge in [-0.05, 0) is 18.4 Å². The summed E-state index contributed by atoms with van der Waals surface area (Å²) in [5.41, 5.74) is 0.979. The molecule has 1 aromatic carbocycles. The van der Waals surface area contributed by atoms with Crippen molar-refractivity contribution in [2.75, 3.05) is 13.7 Å². The molecule has 0 spiro atoms. The number of Topliss-reactive ketones (excluding diaryl/α,β-unsaturated/α-hetero) is 1. The molecule has 6 heteroatoms. The summed E-state index contributed by atoms with van der Waals surface area (Å²) in [5, 5.41) is 2.78. The molecule has 1 N–H and O–H groups in total. The van der Waals surface area contributed by atoms with Gasteiger partial charge in [-0.2, -0.15) is 0 Å². The van der Waals surface area contributed by atoms with Gasteiger partial charge in [0.1, 0.15) is 6.61 Å². The number of unbranched alkanes of at least 4 members (excludes halogenated alkanes) is 8. The van der Waals surface area contributed by atoms with Crippen molar-refractivity contribution in [3.63, 3.8) is 0 Å². The molecule has 0 heterocycles. The molecule has 0 saturated heterocycles. The van der Waals surface area contributed by atoms with Crippen LogP contribution in [0.3, 0.4) is 0 Å². The number of nitrogens with one attached hydrogen (secondary N) is 1. The normalized spacial score (nSPS) is 10.3. The van der Waals surface area contributed by atoms with Gasteiger partial charge in [-0.1, -0.05) is 75.3 Å². The fourth-order valence-corrected chi connectivity index (χ4v) is 2.83. The number of amides is 1. The Balaban J connectivity index is 1.83. The number of hydrogen-bond acceptors (Lipinski definition) is 5. The zero-order chi connectivity index (χ0) is 20.5. The first kappa shape index (κ1) is 23.7. The SMILES string of the molecule is COC(=O)C(=O)CCCCCCCCCCCNC(=O)OCc1ccccc1. The second-order valence-electron chi connectivity index (χ2n) is 6.84. The van der Waals surface area contributed by atoms with Crippen LogP contribution in [0.15, 0.2) is 30.3 Å². The highest BCUT2D eigenvalue weighted by atomic mass is 16.5. The average molecular weight is 392 g/mol. The standard InChI is InChI=1S/C22H33NO5/c1-27-21(25)20(24)16-12-7-5-3-2-4-6-8-13-17-23-22(26)28-18-19-14-10-9-11-15-19/h9-11,14-15H,2-8,12-13,16-18H2,1H3,(H,23,26). The van der Waals surface area contributed by atoms with Crippen LogP contribution in [-0.2, 0) is 25.7 Å². The van der Waals surface area contributed by atoms with Crippen LogP contribution in [0.2, 0.25) is 0 Å². The molecule has 0 aromatic heterocycles. The van der Waals surface area contributed by atoms with Crippen LogP contribution in [-0.4, -0.2) is 31.5 Å². The van der Waals surface area contributed by atoms with E-state index in [9.17, 15) is 14.4 Å². The van der Waals surface area contributed by atoms with Gasteiger partial charge >= 0.3 is 12.1 Å². The lowest BCUT2D eigenvalue weighted by Crippen LogP contribution is -2.25. The summed E-state index contributed by atoms with van der Waals surface area (Å²) in [7, 11) is 1.23. The van der Waals surface area contributed by atoms with Gasteiger partial charge in [0.15, 0.2) is 0 Å². The molecule has 0 fully saturated rings. The lowest BCUT2D eigenvalue weighted by atomic mass is 10.1. The number of carbonyl (C=O) groups is 3. The number of methoxy groups -OCH3 is 1. The molecule has 0 radical (unpaired) electrons. The second kappa shape index (κ2) is 15.7. The van der Waals surface area contributed by atoms with E-state index in [4.69, 9.17) is 4.74 Å². The predicted molar refractivity (Wildman–Crippen MR) is 108 cm³/mol. The average Bonchev–Trinajstić information content (AvgIpc) is 2.72. The van der Waals surface area contributed by atoms with Gasteiger partial charge in [0.05, 0.1) is 7.11 Å². The number of esters is 1. The van der Waals surface area contributed by atoms with Crippen molar-refractivity contribution in [2.45, 2.75) is 70.8 Å². The van der Waals surface area contributed by atoms with E-state index in [2.05, 4.69) is 10.1 Å². The maximum absolute atomic E-state index is 11.6. The molecular weight excluding hydrogens is 358 g/mol. The van der Waals surface area contributed by atoms with Gasteiger partial charge in [0, 0.05) is 13.0 Å². The first-order valence-electron chi connectivity index (χ1n) is 10.2. The summed E-state index contributed by atoms with van der Waals surface area (Å²) in [5.74, 6) is -1.17. The number of ketones is 1. The third kappa shape index (κ3) is 12.1. The van der Waals surface area contributed by atoms with Crippen molar-refractivity contribution in [3.8, 4) is 0 Å². The Labute approximate surface area is 168 Å². The van der Waals surface area contributed by atoms with Gasteiger partial charge < -0.3 is 14.8 Å². The molecule has 156 valence electrons. The summed E-state index contributed by atoms with van der Waals surface area (Å²) in [6.45, 7) is 0.936. The van der Waals surface area contributed by atoms with Crippen molar-refractivity contribution in [3.05, 3.63) is 35.9 Å². The van der Waals surface area contributed by atoms with E-state index in [-0.39, 0.29) is 12.5 Å². The quantitative estimate of drug-likeness (QED) is 0.269. The first-order chi connectivity index (χ1) is 13.6. The molecule has 0 bridgehead atoms. The van der Waals surface area contributed by atoms with E-state index in [0.717, 1.165) is 50.5 Å². The second-order valence-corrected chi connectivity index (χ2v) is 6.84. The Hall–Kier alpha value is -2.37. The highest BCUT2D eigenvalue weighted by Gasteiger charge is 2.12. The van der Waals surface area contributed by atoms with E-state index in [1.165, 1.54) is 20.0 Å². The maximum Gasteiger partial charge on any atom is 0.407 e. The van der Waals surface area contributed by atoms with Crippen LogP contribution in [0.25, 0.3) is 0 Å². The van der Waals surface area contributed by atoms with Gasteiger partial charge in [0.25, 0.3) is 0 Å². The van der Waals surface area contributed by atoms with Crippen molar-refractivity contribution < 1.29 is 23.9 Å². The fraction of sp³-hybridized carbons (Fsp3) is 0.591. The molecule has 6 nitrogen and oxygen atoms in total. The summed E-state index contributed by atoms with van der Waals surface area (Å²) in [4.78, 5) is 33.8. The van der Waals surface area contributed by atoms with Gasteiger partial charge in [-0.3, -0.25) is 4.79 Å². The van der Waals surface area contributed by atoms with Crippen LogP contribution in [0.5, 0.6) is 0 Å². The van der Waals surface area contributed by atoms with Crippen LogP contribution in [0, 0.1) is 0 Å². The van der Waals surface area contributed by atoms with E-state index in [1.54, 1.807) is 0 Å². The lowest BCUT2D eigenvalue weighted by Gasteiger charge is -2.07. The van der Waals surface area contributed by atoms with Crippen molar-refractivity contribution in [2.24, 2.45) is 0 Å². The van der Waals surface area contributed by atoms with Gasteiger partial charge in [0.2, 0.25) is 5.78 Å². The summed E-state index contributed by atoms with van der Waals surface area (Å²) < 4.78 is 9.54. The molecular formula is C22H33NO5. The van der Waals surface area contributed by atoms with Crippen LogP contribution in [0.4, 0.5) is 4.79 Å². The van der Waals surface area contributed by atoms with Crippen LogP contribution >= 0.6 is 0 Å². The third-order valence-corrected chi connectivity index (χ3v) is 4.48. The molecule has 0 aliphatic carbocycles. The Morgan fingerprint density at radius 3 is 2.00 bits per heavy atom. The van der Waals surface area contributed by atoms with Crippen molar-refractivity contribution >= 4 is 17.8 Å². The predicted octanol–water partition coefficient (Wildman–Crippen LogP) is 4.56. The van der Waals surface area contributed by atoms with E-state index < -0.39 is 11.8 Å². The van der Waals surface area contributed by atoms with Gasteiger partial charge in [-0.25, -0.2) is 9.59 Å². The highest BCUT2D eigenvalue weighted by molar-refractivity contribution is 6.33. The fourth-order valence-electron chi connectivity index (χ4n) is 2.83. The number of benzene rings is 1. The monoisotopic (exact) mass is 391 g/mol. The molecule has 0 saturated carbocycles. The maximum atomic E-state index is 11.6. The summed E-state index contributed by atoms with van der Waals surface area (Å²) in [6, 6.07) is 9.62. The molecule has 0 unspecified atom stereocenters. The Bertz CT molecular complexity index is 574. The Morgan fingerprint density at radius 2 is 1.39 bits per heavy atom. The molecule has 1 aromatic rings. The highest BCUT2D eigenvalue weighted by Crippen LogP contribution is 2.11. The molecule has 0 aliphatic rings. The third-order valence-electron chi connectivity index (χ3n) is 4.48. The number of alkyl carbamates (subject to hydrolysis) is 1. The number of ether oxygens (including phenoxy) is 2. The molecule has 1 rings (SSSR count). The molecule has 28 heavy (non-hydrogen) atoms. The van der Waals surface area contributed by atoms with Crippen LogP contribution < -0.4 is 5.32 Å². The summed E-state index contributed by atoms with van der Waals surface area (Å²) in [6.07, 6.45) is 9.43. The minimum atomic E-state index is -0.737. The van der Waals surface area contributed by atoms with Crippen molar-refractivity contribution in [1.29, 1.82) is 0 Å². The van der Waals surface area contributed by atoms with E-state index in [0.29, 0.717) is 13.2 Å². The van der Waals surface area contributed by atoms with E-state index >= 15 is 0 Å². The zero-order valence-electron chi connectivity index (χ0n) is 16.9. The Morgan fingerprint density at radius 1 is 0.821 bits per heavy atom. The van der Waals surface area contributed by atoms with Crippen molar-refractivity contribution in [1.82, 2.24) is 5.32 Å². The smallest absolute Gasteiger partial charge is 0.407 e. The minimum absolute atomic E-state index is 0.285. The molecule has 1 amide bonds. The number of hydrogen-bond donors (Lipinski definition) is 1. The topological polar surface area (TPSA) is 81.7 Å². The number of rotatable bonds is 15. The molecule has 0 aliphatic heterocycles. The minimum Gasteiger partial charge on any atom is -0.463 e. The Kier molecular flexibility index (Phi) is 13.2. The lowest BCUT2D eigenvalue weighted by molar-refractivity contribution is -0.151. The molecule has 0 atom stereocenters. The first-order valence-corrected chi connectivity index (χ1v) is 10.2.